The van der Waals surface area contributed by atoms with Crippen LogP contribution in [0, 0.1) is 0 Å². The van der Waals surface area contributed by atoms with E-state index in [-0.39, 0.29) is 11.9 Å². The number of rotatable bonds is 5. The minimum Gasteiger partial charge on any atom is -0.378 e. The summed E-state index contributed by atoms with van der Waals surface area (Å²) < 4.78 is 0. The Morgan fingerprint density at radius 1 is 1.12 bits per heavy atom. The molecule has 1 fully saturated rings. The molecule has 2 heterocycles. The first-order chi connectivity index (χ1) is 12.1. The van der Waals surface area contributed by atoms with Gasteiger partial charge in [-0.25, -0.2) is 0 Å². The highest BCUT2D eigenvalue weighted by molar-refractivity contribution is 5.94. The third-order valence-corrected chi connectivity index (χ3v) is 4.72. The van der Waals surface area contributed by atoms with Crippen molar-refractivity contribution in [1.82, 2.24) is 15.2 Å². The van der Waals surface area contributed by atoms with Crippen LogP contribution in [-0.4, -0.2) is 49.0 Å². The standard InChI is InChI=1S/C20H26N4O/c1-23(2)19-5-3-17(4-6-19)20(25)22-18-9-13-24(14-10-18)15-16-7-11-21-12-8-16/h3-8,11-12,18H,9-10,13-15H2,1-2H3,(H,22,25). The van der Waals surface area contributed by atoms with Crippen LogP contribution >= 0.6 is 0 Å². The molecule has 5 heteroatoms. The molecular formula is C20H26N4O. The number of nitrogens with one attached hydrogen (secondary N) is 1. The predicted octanol–water partition coefficient (Wildman–Crippen LogP) is 2.54. The highest BCUT2D eigenvalue weighted by Crippen LogP contribution is 2.16. The van der Waals surface area contributed by atoms with Gasteiger partial charge in [0, 0.05) is 63.4 Å². The number of aromatic nitrogens is 1. The van der Waals surface area contributed by atoms with Gasteiger partial charge < -0.3 is 10.2 Å². The second-order valence-electron chi connectivity index (χ2n) is 6.82. The van der Waals surface area contributed by atoms with Crippen LogP contribution in [0.1, 0.15) is 28.8 Å². The summed E-state index contributed by atoms with van der Waals surface area (Å²) in [7, 11) is 3.99. The van der Waals surface area contributed by atoms with E-state index in [0.29, 0.717) is 0 Å². The van der Waals surface area contributed by atoms with E-state index in [0.717, 1.165) is 43.7 Å². The maximum Gasteiger partial charge on any atom is 0.251 e. The average Bonchev–Trinajstić information content (AvgIpc) is 2.64. The molecule has 1 aromatic carbocycles. The van der Waals surface area contributed by atoms with Crippen LogP contribution in [0.4, 0.5) is 5.69 Å². The molecule has 0 atom stereocenters. The van der Waals surface area contributed by atoms with E-state index in [1.807, 2.05) is 55.7 Å². The maximum atomic E-state index is 12.4. The van der Waals surface area contributed by atoms with Crippen molar-refractivity contribution in [3.8, 4) is 0 Å². The van der Waals surface area contributed by atoms with Crippen molar-refractivity contribution in [2.75, 3.05) is 32.1 Å². The van der Waals surface area contributed by atoms with Gasteiger partial charge in [0.2, 0.25) is 0 Å². The number of carbonyl (C=O) groups excluding carboxylic acids is 1. The lowest BCUT2D eigenvalue weighted by Gasteiger charge is -2.32. The topological polar surface area (TPSA) is 48.5 Å². The molecule has 25 heavy (non-hydrogen) atoms. The molecule has 1 amide bonds. The summed E-state index contributed by atoms with van der Waals surface area (Å²) in [6.45, 7) is 2.97. The summed E-state index contributed by atoms with van der Waals surface area (Å²) in [6, 6.07) is 12.1. The normalized spacial score (nSPS) is 15.8. The molecule has 1 saturated heterocycles. The van der Waals surface area contributed by atoms with E-state index >= 15 is 0 Å². The zero-order chi connectivity index (χ0) is 17.6. The minimum absolute atomic E-state index is 0.0258. The summed E-state index contributed by atoms with van der Waals surface area (Å²) in [5.41, 5.74) is 3.12. The van der Waals surface area contributed by atoms with Crippen LogP contribution in [0.3, 0.4) is 0 Å². The van der Waals surface area contributed by atoms with Crippen LogP contribution < -0.4 is 10.2 Å². The third kappa shape index (κ3) is 4.79. The Hall–Kier alpha value is -2.40. The fourth-order valence-electron chi connectivity index (χ4n) is 3.16. The summed E-state index contributed by atoms with van der Waals surface area (Å²) in [6.07, 6.45) is 5.66. The number of nitrogens with zero attached hydrogens (tertiary/aromatic N) is 3. The molecule has 0 radical (unpaired) electrons. The van der Waals surface area contributed by atoms with Gasteiger partial charge in [-0.2, -0.15) is 0 Å². The number of hydrogen-bond donors (Lipinski definition) is 1. The molecule has 0 spiro atoms. The quantitative estimate of drug-likeness (QED) is 0.910. The number of amides is 1. The number of benzene rings is 1. The van der Waals surface area contributed by atoms with Gasteiger partial charge in [0.1, 0.15) is 0 Å². The van der Waals surface area contributed by atoms with Gasteiger partial charge in [0.25, 0.3) is 5.91 Å². The lowest BCUT2D eigenvalue weighted by molar-refractivity contribution is 0.0909. The third-order valence-electron chi connectivity index (χ3n) is 4.72. The Morgan fingerprint density at radius 3 is 2.36 bits per heavy atom. The van der Waals surface area contributed by atoms with Gasteiger partial charge in [-0.1, -0.05) is 0 Å². The molecule has 5 nitrogen and oxygen atoms in total. The molecule has 1 aromatic heterocycles. The van der Waals surface area contributed by atoms with E-state index in [2.05, 4.69) is 27.3 Å². The van der Waals surface area contributed by atoms with Crippen LogP contribution in [0.25, 0.3) is 0 Å². The first kappa shape index (κ1) is 17.4. The molecule has 132 valence electrons. The summed E-state index contributed by atoms with van der Waals surface area (Å²) in [4.78, 5) is 20.9. The highest BCUT2D eigenvalue weighted by Gasteiger charge is 2.21. The van der Waals surface area contributed by atoms with Gasteiger partial charge in [-0.3, -0.25) is 14.7 Å². The molecule has 1 N–H and O–H groups in total. The number of anilines is 1. The van der Waals surface area contributed by atoms with Crippen molar-refractivity contribution in [1.29, 1.82) is 0 Å². The van der Waals surface area contributed by atoms with Crippen molar-refractivity contribution in [3.05, 3.63) is 59.9 Å². The Kier molecular flexibility index (Phi) is 5.66. The second kappa shape index (κ2) is 8.12. The SMILES string of the molecule is CN(C)c1ccc(C(=O)NC2CCN(Cc3ccncc3)CC2)cc1. The van der Waals surface area contributed by atoms with E-state index in [1.165, 1.54) is 5.56 Å². The number of hydrogen-bond acceptors (Lipinski definition) is 4. The average molecular weight is 338 g/mol. The van der Waals surface area contributed by atoms with Crippen molar-refractivity contribution < 1.29 is 4.79 Å². The highest BCUT2D eigenvalue weighted by atomic mass is 16.1. The van der Waals surface area contributed by atoms with E-state index in [9.17, 15) is 4.79 Å². The zero-order valence-electron chi connectivity index (χ0n) is 15.0. The Bertz CT molecular complexity index is 677. The van der Waals surface area contributed by atoms with Crippen molar-refractivity contribution in [2.45, 2.75) is 25.4 Å². The molecule has 0 aliphatic carbocycles. The molecule has 3 rings (SSSR count). The fourth-order valence-corrected chi connectivity index (χ4v) is 3.16. The van der Waals surface area contributed by atoms with Gasteiger partial charge in [0.05, 0.1) is 0 Å². The first-order valence-corrected chi connectivity index (χ1v) is 8.81. The maximum absolute atomic E-state index is 12.4. The Labute approximate surface area is 149 Å². The number of piperidine rings is 1. The largest absolute Gasteiger partial charge is 0.378 e. The molecule has 0 unspecified atom stereocenters. The van der Waals surface area contributed by atoms with Crippen molar-refractivity contribution in [3.63, 3.8) is 0 Å². The number of likely N-dealkylation sites (tertiary alicyclic amines) is 1. The molecule has 2 aromatic rings. The van der Waals surface area contributed by atoms with E-state index in [4.69, 9.17) is 0 Å². The van der Waals surface area contributed by atoms with E-state index in [1.54, 1.807) is 0 Å². The Morgan fingerprint density at radius 2 is 1.76 bits per heavy atom. The van der Waals surface area contributed by atoms with Crippen molar-refractivity contribution in [2.24, 2.45) is 0 Å². The summed E-state index contributed by atoms with van der Waals surface area (Å²) >= 11 is 0. The van der Waals surface area contributed by atoms with Crippen LogP contribution in [-0.2, 0) is 6.54 Å². The Balaban J connectivity index is 1.47. The van der Waals surface area contributed by atoms with Gasteiger partial charge in [0.15, 0.2) is 0 Å². The molecule has 0 bridgehead atoms. The fraction of sp³-hybridized carbons (Fsp3) is 0.400. The van der Waals surface area contributed by atoms with Gasteiger partial charge in [-0.05, 0) is 54.8 Å². The summed E-state index contributed by atoms with van der Waals surface area (Å²) in [5.74, 6) is 0.0258. The molecule has 0 saturated carbocycles. The smallest absolute Gasteiger partial charge is 0.251 e. The van der Waals surface area contributed by atoms with Gasteiger partial charge in [-0.15, -0.1) is 0 Å². The summed E-state index contributed by atoms with van der Waals surface area (Å²) in [5, 5.41) is 3.18. The predicted molar refractivity (Wildman–Crippen MR) is 101 cm³/mol. The van der Waals surface area contributed by atoms with Crippen LogP contribution in [0.15, 0.2) is 48.8 Å². The number of pyridine rings is 1. The van der Waals surface area contributed by atoms with Crippen LogP contribution in [0.5, 0.6) is 0 Å². The van der Waals surface area contributed by atoms with Crippen LogP contribution in [0.2, 0.25) is 0 Å². The lowest BCUT2D eigenvalue weighted by atomic mass is 10.0. The number of carbonyl (C=O) groups is 1. The van der Waals surface area contributed by atoms with Crippen molar-refractivity contribution >= 4 is 11.6 Å². The first-order valence-electron chi connectivity index (χ1n) is 8.81. The molecule has 1 aliphatic rings. The molecular weight excluding hydrogens is 312 g/mol. The molecule has 1 aliphatic heterocycles. The monoisotopic (exact) mass is 338 g/mol. The van der Waals surface area contributed by atoms with E-state index < -0.39 is 0 Å². The minimum atomic E-state index is 0.0258. The lowest BCUT2D eigenvalue weighted by Crippen LogP contribution is -2.44. The second-order valence-corrected chi connectivity index (χ2v) is 6.82. The zero-order valence-corrected chi connectivity index (χ0v) is 15.0. The van der Waals surface area contributed by atoms with Gasteiger partial charge >= 0.3 is 0 Å².